The Hall–Kier alpha value is -0.950. The zero-order valence-corrected chi connectivity index (χ0v) is 14.4. The van der Waals surface area contributed by atoms with Crippen molar-refractivity contribution in [2.45, 2.75) is 68.7 Å². The number of carbonyl (C=O) groups is 2. The first-order valence-electron chi connectivity index (χ1n) is 8.73. The maximum Gasteiger partial charge on any atom is 0.315 e. The van der Waals surface area contributed by atoms with E-state index in [1.807, 2.05) is 11.8 Å². The van der Waals surface area contributed by atoms with E-state index in [0.29, 0.717) is 5.25 Å². The van der Waals surface area contributed by atoms with Crippen LogP contribution in [0.1, 0.15) is 51.4 Å². The van der Waals surface area contributed by atoms with E-state index in [-0.39, 0.29) is 24.0 Å². The third kappa shape index (κ3) is 5.57. The molecule has 4 atom stereocenters. The van der Waals surface area contributed by atoms with Crippen LogP contribution in [-0.4, -0.2) is 46.7 Å². The Kier molecular flexibility index (Phi) is 7.49. The summed E-state index contributed by atoms with van der Waals surface area (Å²) in [7, 11) is 0. The second-order valence-corrected chi connectivity index (χ2v) is 7.85. The van der Waals surface area contributed by atoms with Crippen LogP contribution in [0.5, 0.6) is 0 Å². The fraction of sp³-hybridized carbons (Fsp3) is 0.875. The number of carbonyl (C=O) groups excluding carboxylic acids is 1. The Balaban J connectivity index is 1.64. The minimum absolute atomic E-state index is 0.0637. The van der Waals surface area contributed by atoms with Crippen molar-refractivity contribution in [1.82, 2.24) is 10.6 Å². The number of nitrogens with one attached hydrogen (secondary N) is 2. The van der Waals surface area contributed by atoms with E-state index in [9.17, 15) is 14.7 Å². The third-order valence-corrected chi connectivity index (χ3v) is 6.34. The summed E-state index contributed by atoms with van der Waals surface area (Å²) in [6.45, 7) is 0.717. The molecule has 7 heteroatoms. The van der Waals surface area contributed by atoms with Gasteiger partial charge in [-0.2, -0.15) is 11.8 Å². The van der Waals surface area contributed by atoms with Gasteiger partial charge in [0, 0.05) is 11.0 Å². The van der Waals surface area contributed by atoms with E-state index in [1.165, 1.54) is 0 Å². The monoisotopic (exact) mass is 343 g/mol. The topological polar surface area (TPSA) is 104 Å². The second-order valence-electron chi connectivity index (χ2n) is 6.58. The number of carboxylic acids is 1. The molecule has 2 rings (SSSR count). The van der Waals surface area contributed by atoms with Gasteiger partial charge >= 0.3 is 12.0 Å². The molecule has 0 aliphatic carbocycles. The summed E-state index contributed by atoms with van der Waals surface area (Å²) in [5.74, 6) is 0.0559. The fourth-order valence-electron chi connectivity index (χ4n) is 3.49. The van der Waals surface area contributed by atoms with Crippen molar-refractivity contribution >= 4 is 23.8 Å². The van der Waals surface area contributed by atoms with Gasteiger partial charge in [-0.05, 0) is 32.2 Å². The van der Waals surface area contributed by atoms with Gasteiger partial charge < -0.3 is 21.5 Å². The molecule has 0 radical (unpaired) electrons. The van der Waals surface area contributed by atoms with Gasteiger partial charge in [0.2, 0.25) is 0 Å². The SMILES string of the molecule is NCCCCCCC(CCC[C@@H]1SC[C@@H]2NC(=O)N[C@@H]21)C(=O)O. The van der Waals surface area contributed by atoms with Gasteiger partial charge in [-0.1, -0.05) is 25.7 Å². The molecule has 2 fully saturated rings. The lowest BCUT2D eigenvalue weighted by Gasteiger charge is -2.18. The maximum absolute atomic E-state index is 11.4. The van der Waals surface area contributed by atoms with E-state index < -0.39 is 5.97 Å². The molecule has 2 aliphatic heterocycles. The molecule has 132 valence electrons. The van der Waals surface area contributed by atoms with Gasteiger partial charge in [-0.15, -0.1) is 0 Å². The van der Waals surface area contributed by atoms with Crippen molar-refractivity contribution in [3.05, 3.63) is 0 Å². The summed E-state index contributed by atoms with van der Waals surface area (Å²) >= 11 is 1.89. The molecule has 0 aromatic carbocycles. The zero-order chi connectivity index (χ0) is 16.7. The van der Waals surface area contributed by atoms with Crippen molar-refractivity contribution in [1.29, 1.82) is 0 Å². The normalized spacial score (nSPS) is 27.3. The van der Waals surface area contributed by atoms with E-state index in [2.05, 4.69) is 10.6 Å². The predicted molar refractivity (Wildman–Crippen MR) is 92.6 cm³/mol. The van der Waals surface area contributed by atoms with Crippen LogP contribution in [0, 0.1) is 5.92 Å². The number of fused-ring (bicyclic) bond motifs is 1. The lowest BCUT2D eigenvalue weighted by molar-refractivity contribution is -0.142. The number of thioether (sulfide) groups is 1. The molecule has 0 aromatic heterocycles. The second kappa shape index (κ2) is 9.37. The van der Waals surface area contributed by atoms with Crippen molar-refractivity contribution in [2.24, 2.45) is 11.7 Å². The zero-order valence-electron chi connectivity index (χ0n) is 13.6. The van der Waals surface area contributed by atoms with Crippen LogP contribution in [0.25, 0.3) is 0 Å². The lowest BCUT2D eigenvalue weighted by atomic mass is 9.93. The molecule has 5 N–H and O–H groups in total. The highest BCUT2D eigenvalue weighted by molar-refractivity contribution is 8.00. The first-order chi connectivity index (χ1) is 11.1. The Morgan fingerprint density at radius 2 is 1.96 bits per heavy atom. The smallest absolute Gasteiger partial charge is 0.315 e. The molecular weight excluding hydrogens is 314 g/mol. The van der Waals surface area contributed by atoms with Crippen LogP contribution < -0.4 is 16.4 Å². The van der Waals surface area contributed by atoms with Crippen molar-refractivity contribution in [2.75, 3.05) is 12.3 Å². The summed E-state index contributed by atoms with van der Waals surface area (Å²) in [4.78, 5) is 22.7. The van der Waals surface area contributed by atoms with Crippen molar-refractivity contribution < 1.29 is 14.7 Å². The van der Waals surface area contributed by atoms with Gasteiger partial charge in [0.1, 0.15) is 0 Å². The molecule has 1 unspecified atom stereocenters. The van der Waals surface area contributed by atoms with Crippen molar-refractivity contribution in [3.8, 4) is 0 Å². The van der Waals surface area contributed by atoms with Gasteiger partial charge in [0.25, 0.3) is 0 Å². The number of urea groups is 1. The average molecular weight is 343 g/mol. The number of unbranched alkanes of at least 4 members (excludes halogenated alkanes) is 3. The van der Waals surface area contributed by atoms with Crippen LogP contribution in [0.2, 0.25) is 0 Å². The Morgan fingerprint density at radius 3 is 2.70 bits per heavy atom. The van der Waals surface area contributed by atoms with Crippen LogP contribution in [0.15, 0.2) is 0 Å². The van der Waals surface area contributed by atoms with Gasteiger partial charge in [0.05, 0.1) is 18.0 Å². The number of hydrogen-bond acceptors (Lipinski definition) is 4. The van der Waals surface area contributed by atoms with Gasteiger partial charge in [-0.25, -0.2) is 4.79 Å². The standard InChI is InChI=1S/C16H29N3O3S/c17-9-4-2-1-3-6-11(15(20)21)7-5-8-13-14-12(10-23-13)18-16(22)19-14/h11-14H,1-10,17H2,(H,20,21)(H2,18,19,22)/t11?,12-,13-,14-/m0/s1. The molecule has 2 aliphatic rings. The van der Waals surface area contributed by atoms with Crippen LogP contribution >= 0.6 is 11.8 Å². The number of carboxylic acid groups (broad SMARTS) is 1. The van der Waals surface area contributed by atoms with E-state index in [1.54, 1.807) is 0 Å². The average Bonchev–Trinajstić information content (AvgIpc) is 3.04. The Bertz CT molecular complexity index is 408. The summed E-state index contributed by atoms with van der Waals surface area (Å²) in [6, 6.07) is 0.397. The van der Waals surface area contributed by atoms with E-state index in [0.717, 1.165) is 63.7 Å². The van der Waals surface area contributed by atoms with Crippen LogP contribution in [0.3, 0.4) is 0 Å². The minimum atomic E-state index is -0.670. The van der Waals surface area contributed by atoms with E-state index >= 15 is 0 Å². The van der Waals surface area contributed by atoms with Gasteiger partial charge in [-0.3, -0.25) is 4.79 Å². The van der Waals surface area contributed by atoms with Crippen molar-refractivity contribution in [3.63, 3.8) is 0 Å². The molecule has 2 amide bonds. The highest BCUT2D eigenvalue weighted by Crippen LogP contribution is 2.33. The lowest BCUT2D eigenvalue weighted by Crippen LogP contribution is -2.36. The highest BCUT2D eigenvalue weighted by Gasteiger charge is 2.42. The largest absolute Gasteiger partial charge is 0.481 e. The highest BCUT2D eigenvalue weighted by atomic mass is 32.2. The van der Waals surface area contributed by atoms with Gasteiger partial charge in [0.15, 0.2) is 0 Å². The quantitative estimate of drug-likeness (QED) is 0.339. The Morgan fingerprint density at radius 1 is 1.22 bits per heavy atom. The predicted octanol–water partition coefficient (Wildman–Crippen LogP) is 1.93. The maximum atomic E-state index is 11.4. The minimum Gasteiger partial charge on any atom is -0.481 e. The molecule has 0 bridgehead atoms. The molecule has 0 saturated carbocycles. The molecule has 2 saturated heterocycles. The molecular formula is C16H29N3O3S. The number of nitrogens with two attached hydrogens (primary N) is 1. The summed E-state index contributed by atoms with van der Waals surface area (Å²) < 4.78 is 0. The summed E-state index contributed by atoms with van der Waals surface area (Å²) in [5, 5.41) is 15.7. The molecule has 0 aromatic rings. The van der Waals surface area contributed by atoms with E-state index in [4.69, 9.17) is 5.73 Å². The number of amides is 2. The third-order valence-electron chi connectivity index (χ3n) is 4.84. The van der Waals surface area contributed by atoms with Crippen LogP contribution in [-0.2, 0) is 4.79 Å². The summed E-state index contributed by atoms with van der Waals surface area (Å²) in [5.41, 5.74) is 5.46. The fourth-order valence-corrected chi connectivity index (χ4v) is 5.03. The molecule has 23 heavy (non-hydrogen) atoms. The number of rotatable bonds is 11. The molecule has 2 heterocycles. The van der Waals surface area contributed by atoms with Crippen LogP contribution in [0.4, 0.5) is 4.79 Å². The first kappa shape index (κ1) is 18.4. The molecule has 6 nitrogen and oxygen atoms in total. The number of aliphatic carboxylic acids is 1. The first-order valence-corrected chi connectivity index (χ1v) is 9.78. The summed E-state index contributed by atoms with van der Waals surface area (Å²) in [6.07, 6.45) is 7.56. The Labute approximate surface area is 142 Å². The number of hydrogen-bond donors (Lipinski definition) is 4. The molecule has 0 spiro atoms.